The summed E-state index contributed by atoms with van der Waals surface area (Å²) >= 11 is 0. The van der Waals surface area contributed by atoms with Gasteiger partial charge in [-0.05, 0) is 104 Å². The molecule has 0 aliphatic heterocycles. The Morgan fingerprint density at radius 2 is 1.66 bits per heavy atom. The predicted octanol–water partition coefficient (Wildman–Crippen LogP) is 5.89. The third-order valence-corrected chi connectivity index (χ3v) is 11.5. The molecule has 0 spiro atoms. The molecule has 4 rings (SSSR count). The number of fused-ring (bicyclic) bond motifs is 5. The molecule has 0 radical (unpaired) electrons. The molecule has 4 saturated carbocycles. The van der Waals surface area contributed by atoms with Crippen molar-refractivity contribution in [2.75, 3.05) is 0 Å². The molecule has 0 bridgehead atoms. The number of carboxylic acid groups (broad SMARTS) is 1. The Morgan fingerprint density at radius 3 is 2.34 bits per heavy atom. The Balaban J connectivity index is 1.53. The molecule has 4 unspecified atom stereocenters. The summed E-state index contributed by atoms with van der Waals surface area (Å²) in [6, 6.07) is 0. The smallest absolute Gasteiger partial charge is 0.303 e. The Kier molecular flexibility index (Phi) is 7.05. The topological polar surface area (TPSA) is 77.8 Å². The third-order valence-electron chi connectivity index (χ3n) is 11.5. The molecule has 0 saturated heterocycles. The summed E-state index contributed by atoms with van der Waals surface area (Å²) in [6.07, 6.45) is 11.8. The fraction of sp³-hybridized carbons (Fsp3) is 0.964. The van der Waals surface area contributed by atoms with E-state index in [1.165, 1.54) is 25.7 Å². The van der Waals surface area contributed by atoms with Crippen molar-refractivity contribution in [3.8, 4) is 0 Å². The van der Waals surface area contributed by atoms with Crippen molar-refractivity contribution in [2.45, 2.75) is 117 Å². The van der Waals surface area contributed by atoms with Crippen molar-refractivity contribution in [3.63, 3.8) is 0 Å². The molecule has 32 heavy (non-hydrogen) atoms. The number of aliphatic hydroxyl groups excluding tert-OH is 2. The number of carbonyl (C=O) groups is 1. The van der Waals surface area contributed by atoms with E-state index in [1.807, 2.05) is 0 Å². The molecule has 0 aromatic carbocycles. The number of unbranched alkanes of at least 4 members (excludes halogenated alkanes) is 1. The van der Waals surface area contributed by atoms with E-state index in [1.54, 1.807) is 0 Å². The Bertz CT molecular complexity index is 678. The maximum absolute atomic E-state index is 11.8. The van der Waals surface area contributed by atoms with Crippen LogP contribution in [0.1, 0.15) is 105 Å². The van der Waals surface area contributed by atoms with Gasteiger partial charge in [-0.3, -0.25) is 4.79 Å². The van der Waals surface area contributed by atoms with Crippen molar-refractivity contribution in [2.24, 2.45) is 52.3 Å². The second-order valence-corrected chi connectivity index (χ2v) is 12.7. The number of hydrogen-bond donors (Lipinski definition) is 3. The zero-order valence-corrected chi connectivity index (χ0v) is 20.9. The number of rotatable bonds is 7. The lowest BCUT2D eigenvalue weighted by molar-refractivity contribution is -0.203. The Morgan fingerprint density at radius 1 is 0.969 bits per heavy atom. The van der Waals surface area contributed by atoms with Crippen LogP contribution in [0.15, 0.2) is 0 Å². The first-order valence-corrected chi connectivity index (χ1v) is 13.7. The van der Waals surface area contributed by atoms with E-state index >= 15 is 0 Å². The fourth-order valence-corrected chi connectivity index (χ4v) is 9.88. The minimum atomic E-state index is -0.678. The van der Waals surface area contributed by atoms with E-state index in [4.69, 9.17) is 5.11 Å². The highest BCUT2D eigenvalue weighted by molar-refractivity contribution is 5.66. The van der Waals surface area contributed by atoms with E-state index in [9.17, 15) is 15.0 Å². The predicted molar refractivity (Wildman–Crippen MR) is 127 cm³/mol. The molecular weight excluding hydrogens is 400 g/mol. The van der Waals surface area contributed by atoms with Crippen molar-refractivity contribution in [1.29, 1.82) is 0 Å². The normalized spacial score (nSPS) is 49.1. The fourth-order valence-electron chi connectivity index (χ4n) is 9.88. The first-order chi connectivity index (χ1) is 15.1. The summed E-state index contributed by atoms with van der Waals surface area (Å²) in [7, 11) is 0. The molecule has 0 aromatic rings. The average Bonchev–Trinajstić information content (AvgIpc) is 3.09. The number of aliphatic carboxylic acids is 1. The highest BCUT2D eigenvalue weighted by Crippen LogP contribution is 2.69. The molecule has 11 atom stereocenters. The van der Waals surface area contributed by atoms with Gasteiger partial charge in [0.2, 0.25) is 0 Å². The summed E-state index contributed by atoms with van der Waals surface area (Å²) in [5, 5.41) is 31.2. The first kappa shape index (κ1) is 24.5. The van der Waals surface area contributed by atoms with Gasteiger partial charge < -0.3 is 15.3 Å². The zero-order valence-electron chi connectivity index (χ0n) is 20.9. The van der Waals surface area contributed by atoms with Crippen molar-refractivity contribution < 1.29 is 20.1 Å². The quantitative estimate of drug-likeness (QED) is 0.424. The van der Waals surface area contributed by atoms with Crippen LogP contribution in [-0.2, 0) is 4.79 Å². The minimum absolute atomic E-state index is 0.183. The van der Waals surface area contributed by atoms with Crippen LogP contribution in [0.3, 0.4) is 0 Å². The summed E-state index contributed by atoms with van der Waals surface area (Å²) < 4.78 is 0. The SMILES string of the molecule is CC[C@H]1C(O)C2C3CC[C@H]([C@H](C)CCCCC(=O)O)[C@@]3(C)CCC2[C@@]2(C)CC[C@@H](O)C[C@@H]12. The second kappa shape index (κ2) is 9.21. The lowest BCUT2D eigenvalue weighted by Gasteiger charge is -2.64. The monoisotopic (exact) mass is 448 g/mol. The molecule has 4 nitrogen and oxygen atoms in total. The Labute approximate surface area is 195 Å². The van der Waals surface area contributed by atoms with Crippen LogP contribution in [0.2, 0.25) is 0 Å². The number of aliphatic hydroxyl groups is 2. The summed E-state index contributed by atoms with van der Waals surface area (Å²) in [5.74, 6) is 3.06. The standard InChI is InChI=1S/C28H48O4/c1-5-19-23-16-18(29)12-14-28(23,4)22-13-15-27(3)20(10-11-21(27)25(22)26(19)32)17(2)8-6-7-9-24(30)31/h17-23,25-26,29,32H,5-16H2,1-4H3,(H,30,31)/t17-,18-,19-,20-,21?,22?,23+,25?,26?,27-,28-/m1/s1. The molecular formula is C28H48O4. The van der Waals surface area contributed by atoms with Gasteiger partial charge >= 0.3 is 5.97 Å². The van der Waals surface area contributed by atoms with Crippen LogP contribution >= 0.6 is 0 Å². The Hall–Kier alpha value is -0.610. The van der Waals surface area contributed by atoms with Gasteiger partial charge in [-0.1, -0.05) is 47.0 Å². The molecule has 4 aliphatic rings. The second-order valence-electron chi connectivity index (χ2n) is 12.7. The average molecular weight is 449 g/mol. The number of hydrogen-bond acceptors (Lipinski definition) is 3. The van der Waals surface area contributed by atoms with E-state index < -0.39 is 5.97 Å². The highest BCUT2D eigenvalue weighted by atomic mass is 16.4. The maximum atomic E-state index is 11.8. The molecule has 4 heteroatoms. The minimum Gasteiger partial charge on any atom is -0.481 e. The molecule has 4 fully saturated rings. The molecule has 4 aliphatic carbocycles. The van der Waals surface area contributed by atoms with Gasteiger partial charge in [-0.25, -0.2) is 0 Å². The lowest BCUT2D eigenvalue weighted by atomic mass is 9.41. The van der Waals surface area contributed by atoms with Gasteiger partial charge in [0.1, 0.15) is 0 Å². The van der Waals surface area contributed by atoms with Gasteiger partial charge in [-0.15, -0.1) is 0 Å². The van der Waals surface area contributed by atoms with E-state index in [0.717, 1.165) is 44.9 Å². The van der Waals surface area contributed by atoms with Gasteiger partial charge in [0, 0.05) is 6.42 Å². The van der Waals surface area contributed by atoms with Gasteiger partial charge in [0.05, 0.1) is 12.2 Å². The largest absolute Gasteiger partial charge is 0.481 e. The zero-order chi connectivity index (χ0) is 23.3. The van der Waals surface area contributed by atoms with Gasteiger partial charge in [0.15, 0.2) is 0 Å². The maximum Gasteiger partial charge on any atom is 0.303 e. The van der Waals surface area contributed by atoms with Crippen molar-refractivity contribution >= 4 is 5.97 Å². The summed E-state index contributed by atoms with van der Waals surface area (Å²) in [4.78, 5) is 10.9. The third kappa shape index (κ3) is 3.96. The van der Waals surface area contributed by atoms with E-state index in [-0.39, 0.29) is 17.6 Å². The summed E-state index contributed by atoms with van der Waals surface area (Å²) in [5.41, 5.74) is 0.579. The first-order valence-electron chi connectivity index (χ1n) is 13.7. The van der Waals surface area contributed by atoms with Crippen LogP contribution in [0.25, 0.3) is 0 Å². The van der Waals surface area contributed by atoms with Crippen LogP contribution < -0.4 is 0 Å². The molecule has 184 valence electrons. The molecule has 0 heterocycles. The molecule has 3 N–H and O–H groups in total. The van der Waals surface area contributed by atoms with Crippen LogP contribution in [-0.4, -0.2) is 33.5 Å². The molecule has 0 amide bonds. The van der Waals surface area contributed by atoms with Crippen LogP contribution in [0.5, 0.6) is 0 Å². The number of carboxylic acids is 1. The van der Waals surface area contributed by atoms with Gasteiger partial charge in [-0.2, -0.15) is 0 Å². The van der Waals surface area contributed by atoms with E-state index in [2.05, 4.69) is 27.7 Å². The van der Waals surface area contributed by atoms with Crippen molar-refractivity contribution in [1.82, 2.24) is 0 Å². The van der Waals surface area contributed by atoms with Crippen LogP contribution in [0.4, 0.5) is 0 Å². The highest BCUT2D eigenvalue weighted by Gasteiger charge is 2.64. The van der Waals surface area contributed by atoms with Crippen LogP contribution in [0, 0.1) is 52.3 Å². The lowest BCUT2D eigenvalue weighted by Crippen LogP contribution is -2.62. The van der Waals surface area contributed by atoms with E-state index in [0.29, 0.717) is 53.3 Å². The van der Waals surface area contributed by atoms with Crippen molar-refractivity contribution in [3.05, 3.63) is 0 Å². The van der Waals surface area contributed by atoms with Gasteiger partial charge in [0.25, 0.3) is 0 Å². The summed E-state index contributed by atoms with van der Waals surface area (Å²) in [6.45, 7) is 9.69. The molecule has 0 aromatic heterocycles.